The Hall–Kier alpha value is -3.61. The van der Waals surface area contributed by atoms with Gasteiger partial charge in [0.1, 0.15) is 18.2 Å². The molecule has 33 heavy (non-hydrogen) atoms. The molecule has 0 spiro atoms. The number of rotatable bonds is 5. The highest BCUT2D eigenvalue weighted by molar-refractivity contribution is 5.85. The zero-order valence-electron chi connectivity index (χ0n) is 19.4. The van der Waals surface area contributed by atoms with Gasteiger partial charge in [-0.15, -0.1) is 0 Å². The number of aryl methyl sites for hydroxylation is 5. The van der Waals surface area contributed by atoms with Crippen molar-refractivity contribution < 1.29 is 9.53 Å². The zero-order valence-corrected chi connectivity index (χ0v) is 19.4. The van der Waals surface area contributed by atoms with Gasteiger partial charge in [0.15, 0.2) is 0 Å². The molecular formula is C26H29N5O2. The van der Waals surface area contributed by atoms with Crippen molar-refractivity contribution in [2.24, 2.45) is 0 Å². The summed E-state index contributed by atoms with van der Waals surface area (Å²) >= 11 is 0. The number of anilines is 1. The molecule has 0 saturated carbocycles. The maximum absolute atomic E-state index is 12.5. The number of amides is 1. The maximum atomic E-state index is 12.5. The first kappa shape index (κ1) is 21.2. The van der Waals surface area contributed by atoms with Gasteiger partial charge >= 0.3 is 6.09 Å². The average molecular weight is 444 g/mol. The lowest BCUT2D eigenvalue weighted by Crippen LogP contribution is -2.16. The fourth-order valence-electron chi connectivity index (χ4n) is 4.59. The fraction of sp³-hybridized carbons (Fsp3) is 0.346. The van der Waals surface area contributed by atoms with E-state index in [0.717, 1.165) is 52.2 Å². The van der Waals surface area contributed by atoms with Crippen LogP contribution in [0.3, 0.4) is 0 Å². The first-order chi connectivity index (χ1) is 16.0. The number of hydrogen-bond donors (Lipinski definition) is 1. The van der Waals surface area contributed by atoms with Crippen molar-refractivity contribution in [3.05, 3.63) is 65.0 Å². The van der Waals surface area contributed by atoms with Crippen LogP contribution in [0.15, 0.2) is 42.5 Å². The van der Waals surface area contributed by atoms with E-state index < -0.39 is 6.09 Å². The first-order valence-electron chi connectivity index (χ1n) is 11.6. The van der Waals surface area contributed by atoms with Crippen molar-refractivity contribution in [1.82, 2.24) is 19.3 Å². The third kappa shape index (κ3) is 4.23. The summed E-state index contributed by atoms with van der Waals surface area (Å²) in [6.07, 6.45) is 2.92. The van der Waals surface area contributed by atoms with E-state index in [2.05, 4.69) is 53.1 Å². The Labute approximate surface area is 193 Å². The normalized spacial score (nSPS) is 13.2. The standard InChI is InChI=1S/C26H29N5O2/c1-4-31-25(15-21(29-31)20-10-8-17(2)13-18(20)3)28-26(32)33-16-19-9-11-23-22(14-19)27-24-7-5-6-12-30(23)24/h8-11,13-15H,4-7,12,16H2,1-3H3,(H,28,32). The van der Waals surface area contributed by atoms with E-state index in [0.29, 0.717) is 12.4 Å². The second kappa shape index (κ2) is 8.73. The Morgan fingerprint density at radius 1 is 1.12 bits per heavy atom. The van der Waals surface area contributed by atoms with Gasteiger partial charge < -0.3 is 9.30 Å². The van der Waals surface area contributed by atoms with Gasteiger partial charge in [0.2, 0.25) is 0 Å². The second-order valence-electron chi connectivity index (χ2n) is 8.71. The third-order valence-electron chi connectivity index (χ3n) is 6.26. The van der Waals surface area contributed by atoms with Gasteiger partial charge in [0.25, 0.3) is 0 Å². The number of carbonyl (C=O) groups is 1. The number of benzene rings is 2. The smallest absolute Gasteiger partial charge is 0.413 e. The molecule has 0 saturated heterocycles. The lowest BCUT2D eigenvalue weighted by Gasteiger charge is -2.13. The van der Waals surface area contributed by atoms with Crippen LogP contribution in [0.2, 0.25) is 0 Å². The molecule has 0 atom stereocenters. The summed E-state index contributed by atoms with van der Waals surface area (Å²) in [6.45, 7) is 8.00. The average Bonchev–Trinajstić information content (AvgIpc) is 3.38. The van der Waals surface area contributed by atoms with Crippen molar-refractivity contribution >= 4 is 22.9 Å². The molecule has 4 aromatic rings. The van der Waals surface area contributed by atoms with Crippen molar-refractivity contribution in [2.75, 3.05) is 5.32 Å². The maximum Gasteiger partial charge on any atom is 0.413 e. The molecule has 7 nitrogen and oxygen atoms in total. The van der Waals surface area contributed by atoms with E-state index in [1.54, 1.807) is 4.68 Å². The summed E-state index contributed by atoms with van der Waals surface area (Å²) in [4.78, 5) is 17.3. The van der Waals surface area contributed by atoms with E-state index in [1.807, 2.05) is 25.1 Å². The van der Waals surface area contributed by atoms with E-state index in [1.165, 1.54) is 18.4 Å². The summed E-state index contributed by atoms with van der Waals surface area (Å²) in [5.41, 5.74) is 7.30. The number of aromatic nitrogens is 4. The monoisotopic (exact) mass is 443 g/mol. The molecule has 0 aliphatic carbocycles. The van der Waals surface area contributed by atoms with Crippen molar-refractivity contribution in [3.63, 3.8) is 0 Å². The lowest BCUT2D eigenvalue weighted by molar-refractivity contribution is 0.155. The van der Waals surface area contributed by atoms with E-state index in [9.17, 15) is 4.79 Å². The summed E-state index contributed by atoms with van der Waals surface area (Å²) in [6, 6.07) is 14.3. The van der Waals surface area contributed by atoms with Gasteiger partial charge in [-0.25, -0.2) is 14.5 Å². The van der Waals surface area contributed by atoms with E-state index in [4.69, 9.17) is 9.72 Å². The molecule has 0 bridgehead atoms. The highest BCUT2D eigenvalue weighted by Crippen LogP contribution is 2.26. The highest BCUT2D eigenvalue weighted by Gasteiger charge is 2.16. The highest BCUT2D eigenvalue weighted by atomic mass is 16.5. The van der Waals surface area contributed by atoms with Crippen LogP contribution in [0.1, 0.15) is 42.3 Å². The molecule has 7 heteroatoms. The predicted molar refractivity (Wildman–Crippen MR) is 129 cm³/mol. The summed E-state index contributed by atoms with van der Waals surface area (Å²) in [7, 11) is 0. The minimum atomic E-state index is -0.499. The van der Waals surface area contributed by atoms with Gasteiger partial charge in [-0.3, -0.25) is 5.32 Å². The molecular weight excluding hydrogens is 414 g/mol. The van der Waals surface area contributed by atoms with Crippen LogP contribution < -0.4 is 5.32 Å². The summed E-state index contributed by atoms with van der Waals surface area (Å²) in [5.74, 6) is 1.77. The molecule has 1 aliphatic heterocycles. The van der Waals surface area contributed by atoms with Crippen molar-refractivity contribution in [1.29, 1.82) is 0 Å². The predicted octanol–water partition coefficient (Wildman–Crippen LogP) is 5.62. The molecule has 0 radical (unpaired) electrons. The van der Waals surface area contributed by atoms with Crippen LogP contribution in [0, 0.1) is 13.8 Å². The molecule has 1 N–H and O–H groups in total. The number of imidazole rings is 1. The Bertz CT molecular complexity index is 1330. The Morgan fingerprint density at radius 3 is 2.82 bits per heavy atom. The Kier molecular flexibility index (Phi) is 5.62. The van der Waals surface area contributed by atoms with Crippen LogP contribution in [-0.2, 0) is 30.9 Å². The largest absolute Gasteiger partial charge is 0.444 e. The van der Waals surface area contributed by atoms with Crippen LogP contribution in [0.25, 0.3) is 22.3 Å². The number of ether oxygens (including phenoxy) is 1. The molecule has 1 aliphatic rings. The summed E-state index contributed by atoms with van der Waals surface area (Å²) < 4.78 is 9.59. The zero-order chi connectivity index (χ0) is 22.9. The van der Waals surface area contributed by atoms with Crippen LogP contribution >= 0.6 is 0 Å². The quantitative estimate of drug-likeness (QED) is 0.434. The molecule has 170 valence electrons. The number of fused-ring (bicyclic) bond motifs is 3. The Balaban J connectivity index is 1.28. The number of carbonyl (C=O) groups excluding carboxylic acids is 1. The SMILES string of the molecule is CCn1nc(-c2ccc(C)cc2C)cc1NC(=O)OCc1ccc2c(c1)nc1n2CCCC1. The Morgan fingerprint density at radius 2 is 2.00 bits per heavy atom. The minimum Gasteiger partial charge on any atom is -0.444 e. The fourth-order valence-corrected chi connectivity index (χ4v) is 4.59. The van der Waals surface area contributed by atoms with E-state index in [-0.39, 0.29) is 6.61 Å². The van der Waals surface area contributed by atoms with Crippen LogP contribution in [0.4, 0.5) is 10.6 Å². The van der Waals surface area contributed by atoms with Crippen LogP contribution in [0.5, 0.6) is 0 Å². The van der Waals surface area contributed by atoms with Crippen molar-refractivity contribution in [2.45, 2.75) is 59.7 Å². The molecule has 2 aromatic carbocycles. The molecule has 0 fully saturated rings. The lowest BCUT2D eigenvalue weighted by atomic mass is 10.0. The van der Waals surface area contributed by atoms with Gasteiger partial charge in [-0.2, -0.15) is 5.10 Å². The van der Waals surface area contributed by atoms with E-state index >= 15 is 0 Å². The number of nitrogens with one attached hydrogen (secondary N) is 1. The molecule has 5 rings (SSSR count). The van der Waals surface area contributed by atoms with Crippen molar-refractivity contribution in [3.8, 4) is 11.3 Å². The molecule has 1 amide bonds. The number of hydrogen-bond acceptors (Lipinski definition) is 4. The third-order valence-corrected chi connectivity index (χ3v) is 6.26. The van der Waals surface area contributed by atoms with Gasteiger partial charge in [-0.05, 0) is 56.9 Å². The van der Waals surface area contributed by atoms with Gasteiger partial charge in [0.05, 0.1) is 16.7 Å². The minimum absolute atomic E-state index is 0.189. The summed E-state index contributed by atoms with van der Waals surface area (Å²) in [5, 5.41) is 7.51. The molecule has 2 aromatic heterocycles. The van der Waals surface area contributed by atoms with Gasteiger partial charge in [0, 0.05) is 31.1 Å². The first-order valence-corrected chi connectivity index (χ1v) is 11.6. The van der Waals surface area contributed by atoms with Crippen LogP contribution in [-0.4, -0.2) is 25.4 Å². The number of nitrogens with zero attached hydrogens (tertiary/aromatic N) is 4. The topological polar surface area (TPSA) is 74.0 Å². The van der Waals surface area contributed by atoms with Gasteiger partial charge in [-0.1, -0.05) is 29.8 Å². The second-order valence-corrected chi connectivity index (χ2v) is 8.71. The molecule has 3 heterocycles. The molecule has 0 unspecified atom stereocenters.